The Hall–Kier alpha value is -2.12. The van der Waals surface area contributed by atoms with Gasteiger partial charge in [0.25, 0.3) is 0 Å². The van der Waals surface area contributed by atoms with Crippen molar-refractivity contribution in [2.24, 2.45) is 16.5 Å². The Morgan fingerprint density at radius 1 is 1.04 bits per heavy atom. The van der Waals surface area contributed by atoms with Crippen LogP contribution in [-0.2, 0) is 14.4 Å². The van der Waals surface area contributed by atoms with Crippen LogP contribution in [0, 0.1) is 0 Å². The molecule has 8 nitrogen and oxygen atoms in total. The number of unbranched alkanes of at least 4 members (excludes halogenated alkanes) is 4. The summed E-state index contributed by atoms with van der Waals surface area (Å²) in [5.74, 6) is -0.904. The average Bonchev–Trinajstić information content (AvgIpc) is 2.48. The third kappa shape index (κ3) is 14.6. The van der Waals surface area contributed by atoms with Gasteiger partial charge in [-0.3, -0.25) is 14.6 Å². The van der Waals surface area contributed by atoms with Gasteiger partial charge in [-0.05, 0) is 25.7 Å². The predicted molar refractivity (Wildman–Crippen MR) is 87.9 cm³/mol. The fourth-order valence-corrected chi connectivity index (χ4v) is 2.06. The first-order valence-corrected chi connectivity index (χ1v) is 7.97. The van der Waals surface area contributed by atoms with Crippen LogP contribution in [0.1, 0.15) is 57.8 Å². The van der Waals surface area contributed by atoms with E-state index in [9.17, 15) is 14.4 Å². The summed E-state index contributed by atoms with van der Waals surface area (Å²) in [6, 6.07) is -0.507. The number of hydrogen-bond acceptors (Lipinski definition) is 4. The van der Waals surface area contributed by atoms with Gasteiger partial charge in [0, 0.05) is 19.4 Å². The first kappa shape index (κ1) is 20.9. The highest BCUT2D eigenvalue weighted by atomic mass is 16.4. The monoisotopic (exact) mass is 328 g/mol. The molecule has 0 aliphatic rings. The number of carbonyl (C=O) groups excluding carboxylic acids is 2. The lowest BCUT2D eigenvalue weighted by molar-refractivity contribution is -0.137. The third-order valence-electron chi connectivity index (χ3n) is 3.27. The van der Waals surface area contributed by atoms with Gasteiger partial charge in [0.05, 0.1) is 6.04 Å². The number of aldehydes is 1. The standard InChI is InChI=1S/C15H28N4O4/c16-15(17)18-10-6-7-12(11-20)19-13(21)8-4-2-1-3-5-9-14(22)23/h11-12H,1-10H2,(H,19,21)(H,22,23)(H4,16,17,18). The molecule has 0 saturated carbocycles. The second-order valence-electron chi connectivity index (χ2n) is 5.42. The van der Waals surface area contributed by atoms with Crippen LogP contribution < -0.4 is 16.8 Å². The molecule has 0 rings (SSSR count). The van der Waals surface area contributed by atoms with Crippen molar-refractivity contribution >= 4 is 24.1 Å². The zero-order chi connectivity index (χ0) is 17.5. The summed E-state index contributed by atoms with van der Waals surface area (Å²) >= 11 is 0. The van der Waals surface area contributed by atoms with E-state index < -0.39 is 12.0 Å². The minimum Gasteiger partial charge on any atom is -0.481 e. The molecule has 0 aromatic rings. The van der Waals surface area contributed by atoms with Crippen molar-refractivity contribution in [2.75, 3.05) is 6.54 Å². The molecule has 23 heavy (non-hydrogen) atoms. The molecule has 0 heterocycles. The molecule has 8 heteroatoms. The molecule has 0 aliphatic heterocycles. The van der Waals surface area contributed by atoms with Crippen LogP contribution in [0.25, 0.3) is 0 Å². The Kier molecular flexibility index (Phi) is 12.3. The van der Waals surface area contributed by atoms with Crippen LogP contribution in [0.15, 0.2) is 4.99 Å². The minimum atomic E-state index is -0.774. The van der Waals surface area contributed by atoms with Gasteiger partial charge in [-0.15, -0.1) is 0 Å². The molecular weight excluding hydrogens is 300 g/mol. The lowest BCUT2D eigenvalue weighted by Crippen LogP contribution is -2.36. The van der Waals surface area contributed by atoms with Gasteiger partial charge in [-0.2, -0.15) is 0 Å². The van der Waals surface area contributed by atoms with E-state index in [4.69, 9.17) is 16.6 Å². The van der Waals surface area contributed by atoms with Crippen LogP contribution in [0.4, 0.5) is 0 Å². The number of carbonyl (C=O) groups is 3. The molecule has 1 unspecified atom stereocenters. The number of aliphatic imine (C=N–C) groups is 1. The van der Waals surface area contributed by atoms with Gasteiger partial charge >= 0.3 is 5.97 Å². The highest BCUT2D eigenvalue weighted by molar-refractivity contribution is 5.79. The number of aliphatic carboxylic acids is 1. The third-order valence-corrected chi connectivity index (χ3v) is 3.27. The van der Waals surface area contributed by atoms with Gasteiger partial charge < -0.3 is 26.7 Å². The summed E-state index contributed by atoms with van der Waals surface area (Å²) < 4.78 is 0. The fourth-order valence-electron chi connectivity index (χ4n) is 2.06. The number of amides is 1. The summed E-state index contributed by atoms with van der Waals surface area (Å²) in [5, 5.41) is 11.2. The smallest absolute Gasteiger partial charge is 0.303 e. The van der Waals surface area contributed by atoms with E-state index in [2.05, 4.69) is 10.3 Å². The van der Waals surface area contributed by atoms with E-state index in [0.717, 1.165) is 32.0 Å². The van der Waals surface area contributed by atoms with Crippen LogP contribution in [0.2, 0.25) is 0 Å². The van der Waals surface area contributed by atoms with Crippen molar-refractivity contribution in [3.05, 3.63) is 0 Å². The van der Waals surface area contributed by atoms with Crippen molar-refractivity contribution in [3.63, 3.8) is 0 Å². The maximum Gasteiger partial charge on any atom is 0.303 e. The van der Waals surface area contributed by atoms with Crippen LogP contribution in [0.5, 0.6) is 0 Å². The van der Waals surface area contributed by atoms with Crippen molar-refractivity contribution in [2.45, 2.75) is 63.8 Å². The first-order chi connectivity index (χ1) is 11.0. The molecule has 1 atom stereocenters. The Morgan fingerprint density at radius 2 is 1.65 bits per heavy atom. The van der Waals surface area contributed by atoms with Crippen LogP contribution in [-0.4, -0.2) is 41.8 Å². The molecule has 6 N–H and O–H groups in total. The Morgan fingerprint density at radius 3 is 2.22 bits per heavy atom. The molecule has 1 amide bonds. The molecule has 0 aliphatic carbocycles. The molecule has 0 fully saturated rings. The van der Waals surface area contributed by atoms with E-state index in [1.54, 1.807) is 0 Å². The van der Waals surface area contributed by atoms with E-state index in [-0.39, 0.29) is 18.3 Å². The van der Waals surface area contributed by atoms with Gasteiger partial charge in [-0.25, -0.2) is 0 Å². The summed E-state index contributed by atoms with van der Waals surface area (Å²) in [6.07, 6.45) is 6.46. The number of nitrogens with zero attached hydrogens (tertiary/aromatic N) is 1. The lowest BCUT2D eigenvalue weighted by Gasteiger charge is -2.12. The summed E-state index contributed by atoms with van der Waals surface area (Å²) in [4.78, 5) is 36.8. The Balaban J connectivity index is 3.67. The van der Waals surface area contributed by atoms with Gasteiger partial charge in [0.1, 0.15) is 6.29 Å². The quantitative estimate of drug-likeness (QED) is 0.158. The second-order valence-corrected chi connectivity index (χ2v) is 5.42. The number of hydrogen-bond donors (Lipinski definition) is 4. The normalized spacial score (nSPS) is 11.5. The fraction of sp³-hybridized carbons (Fsp3) is 0.733. The molecular formula is C15H28N4O4. The van der Waals surface area contributed by atoms with Gasteiger partial charge in [-0.1, -0.05) is 19.3 Å². The minimum absolute atomic E-state index is 0.0139. The topological polar surface area (TPSA) is 148 Å². The van der Waals surface area contributed by atoms with E-state index in [1.165, 1.54) is 0 Å². The number of guanidine groups is 1. The van der Waals surface area contributed by atoms with Crippen molar-refractivity contribution in [1.82, 2.24) is 5.32 Å². The number of nitrogens with two attached hydrogens (primary N) is 2. The molecule has 0 aromatic carbocycles. The maximum absolute atomic E-state index is 11.7. The van der Waals surface area contributed by atoms with Crippen LogP contribution in [0.3, 0.4) is 0 Å². The zero-order valence-electron chi connectivity index (χ0n) is 13.5. The maximum atomic E-state index is 11.7. The summed E-state index contributed by atoms with van der Waals surface area (Å²) in [6.45, 7) is 0.429. The molecule has 0 radical (unpaired) electrons. The van der Waals surface area contributed by atoms with E-state index in [1.807, 2.05) is 0 Å². The highest BCUT2D eigenvalue weighted by Crippen LogP contribution is 2.07. The first-order valence-electron chi connectivity index (χ1n) is 7.97. The number of rotatable bonds is 14. The number of carboxylic acid groups (broad SMARTS) is 1. The molecule has 0 spiro atoms. The summed E-state index contributed by atoms with van der Waals surface area (Å²) in [5.41, 5.74) is 10.4. The van der Waals surface area contributed by atoms with Gasteiger partial charge in [0.2, 0.25) is 5.91 Å². The van der Waals surface area contributed by atoms with E-state index >= 15 is 0 Å². The Labute approximate surface area is 136 Å². The van der Waals surface area contributed by atoms with Crippen LogP contribution >= 0.6 is 0 Å². The van der Waals surface area contributed by atoms with E-state index in [0.29, 0.717) is 32.2 Å². The molecule has 0 bridgehead atoms. The SMILES string of the molecule is NC(N)=NCCCC(C=O)NC(=O)CCCCCCCC(=O)O. The highest BCUT2D eigenvalue weighted by Gasteiger charge is 2.10. The zero-order valence-corrected chi connectivity index (χ0v) is 13.5. The number of carboxylic acids is 1. The average molecular weight is 328 g/mol. The van der Waals surface area contributed by atoms with Gasteiger partial charge in [0.15, 0.2) is 5.96 Å². The Bertz CT molecular complexity index is 395. The van der Waals surface area contributed by atoms with Crippen molar-refractivity contribution in [1.29, 1.82) is 0 Å². The van der Waals surface area contributed by atoms with Crippen molar-refractivity contribution in [3.8, 4) is 0 Å². The lowest BCUT2D eigenvalue weighted by atomic mass is 10.1. The number of nitrogens with one attached hydrogen (secondary N) is 1. The van der Waals surface area contributed by atoms with Crippen molar-refractivity contribution < 1.29 is 19.5 Å². The summed E-state index contributed by atoms with van der Waals surface area (Å²) in [7, 11) is 0. The molecule has 0 aromatic heterocycles. The molecule has 0 saturated heterocycles. The molecule has 132 valence electrons. The second kappa shape index (κ2) is 13.5. The predicted octanol–water partition coefficient (Wildman–Crippen LogP) is 0.539. The largest absolute Gasteiger partial charge is 0.481 e.